The molecule has 5 nitrogen and oxygen atoms in total. The van der Waals surface area contributed by atoms with Crippen LogP contribution in [0.4, 0.5) is 0 Å². The van der Waals surface area contributed by atoms with Gasteiger partial charge in [-0.2, -0.15) is 0 Å². The number of nitrogens with zero attached hydrogens (tertiary/aromatic N) is 1. The summed E-state index contributed by atoms with van der Waals surface area (Å²) >= 11 is 0. The van der Waals surface area contributed by atoms with Crippen molar-refractivity contribution in [2.24, 2.45) is 10.8 Å². The van der Waals surface area contributed by atoms with Gasteiger partial charge < -0.3 is 15.3 Å². The summed E-state index contributed by atoms with van der Waals surface area (Å²) < 4.78 is 0. The molecule has 2 atom stereocenters. The van der Waals surface area contributed by atoms with Crippen LogP contribution in [0.2, 0.25) is 0 Å². The quantitative estimate of drug-likeness (QED) is 0.812. The lowest BCUT2D eigenvalue weighted by molar-refractivity contribution is -0.150. The Balaban J connectivity index is 2.12. The molecule has 2 saturated heterocycles. The summed E-state index contributed by atoms with van der Waals surface area (Å²) in [6, 6.07) is 0. The van der Waals surface area contributed by atoms with Crippen molar-refractivity contribution in [3.05, 3.63) is 0 Å². The number of piperidine rings is 1. The van der Waals surface area contributed by atoms with Crippen LogP contribution in [0, 0.1) is 10.8 Å². The second kappa shape index (κ2) is 6.34. The minimum absolute atomic E-state index is 0.163. The van der Waals surface area contributed by atoms with Crippen LogP contribution in [0.15, 0.2) is 0 Å². The number of carbonyl (C=O) groups is 2. The third-order valence-electron chi connectivity index (χ3n) is 5.43. The Morgan fingerprint density at radius 3 is 2.52 bits per heavy atom. The van der Waals surface area contributed by atoms with Crippen LogP contribution in [0.5, 0.6) is 0 Å². The van der Waals surface area contributed by atoms with Crippen molar-refractivity contribution in [2.45, 2.75) is 52.4 Å². The average Bonchev–Trinajstić information content (AvgIpc) is 2.93. The maximum absolute atomic E-state index is 13.0. The molecular weight excluding hydrogens is 268 g/mol. The van der Waals surface area contributed by atoms with E-state index in [-0.39, 0.29) is 11.3 Å². The lowest BCUT2D eigenvalue weighted by atomic mass is 9.77. The molecule has 2 N–H and O–H groups in total. The summed E-state index contributed by atoms with van der Waals surface area (Å²) in [6.45, 7) is 6.76. The van der Waals surface area contributed by atoms with Crippen LogP contribution < -0.4 is 5.32 Å². The molecule has 1 amide bonds. The third-order valence-corrected chi connectivity index (χ3v) is 5.43. The van der Waals surface area contributed by atoms with Crippen molar-refractivity contribution < 1.29 is 14.7 Å². The molecule has 120 valence electrons. The molecule has 2 unspecified atom stereocenters. The third kappa shape index (κ3) is 2.93. The van der Waals surface area contributed by atoms with Gasteiger partial charge in [0.25, 0.3) is 0 Å². The Morgan fingerprint density at radius 1 is 1.24 bits per heavy atom. The fourth-order valence-electron chi connectivity index (χ4n) is 3.95. The van der Waals surface area contributed by atoms with Crippen LogP contribution in [0.3, 0.4) is 0 Å². The van der Waals surface area contributed by atoms with E-state index in [9.17, 15) is 14.7 Å². The Hall–Kier alpha value is -1.10. The van der Waals surface area contributed by atoms with Gasteiger partial charge in [-0.05, 0) is 38.6 Å². The number of carboxylic acids is 1. The lowest BCUT2D eigenvalue weighted by Gasteiger charge is -2.38. The smallest absolute Gasteiger partial charge is 0.311 e. The molecular formula is C16H28N2O3. The van der Waals surface area contributed by atoms with Crippen LogP contribution in [-0.4, -0.2) is 48.1 Å². The number of carbonyl (C=O) groups excluding carboxylic acids is 1. The summed E-state index contributed by atoms with van der Waals surface area (Å²) in [4.78, 5) is 26.4. The van der Waals surface area contributed by atoms with E-state index in [2.05, 4.69) is 12.2 Å². The second-order valence-electron chi connectivity index (χ2n) is 6.73. The van der Waals surface area contributed by atoms with Crippen molar-refractivity contribution in [3.8, 4) is 0 Å². The molecule has 5 heteroatoms. The number of aliphatic carboxylic acids is 1. The highest BCUT2D eigenvalue weighted by Crippen LogP contribution is 2.39. The van der Waals surface area contributed by atoms with Crippen molar-refractivity contribution in [1.82, 2.24) is 10.2 Å². The first-order chi connectivity index (χ1) is 9.99. The number of carboxylic acid groups (broad SMARTS) is 1. The number of nitrogens with one attached hydrogen (secondary N) is 1. The first-order valence-corrected chi connectivity index (χ1v) is 8.23. The van der Waals surface area contributed by atoms with E-state index in [4.69, 9.17) is 0 Å². The Morgan fingerprint density at radius 2 is 2.00 bits per heavy atom. The highest BCUT2D eigenvalue weighted by Gasteiger charge is 2.49. The van der Waals surface area contributed by atoms with Gasteiger partial charge in [-0.25, -0.2) is 0 Å². The predicted molar refractivity (Wildman–Crippen MR) is 81.0 cm³/mol. The first kappa shape index (κ1) is 16.3. The molecule has 0 aromatic heterocycles. The Labute approximate surface area is 127 Å². The maximum atomic E-state index is 13.0. The van der Waals surface area contributed by atoms with E-state index in [0.29, 0.717) is 25.9 Å². The summed E-state index contributed by atoms with van der Waals surface area (Å²) in [6.07, 6.45) is 4.85. The first-order valence-electron chi connectivity index (χ1n) is 8.23. The number of hydrogen-bond acceptors (Lipinski definition) is 3. The van der Waals surface area contributed by atoms with Gasteiger partial charge in [0.05, 0.1) is 10.8 Å². The predicted octanol–water partition coefficient (Wildman–Crippen LogP) is 1.87. The van der Waals surface area contributed by atoms with Gasteiger partial charge in [-0.3, -0.25) is 9.59 Å². The van der Waals surface area contributed by atoms with E-state index < -0.39 is 11.4 Å². The summed E-state index contributed by atoms with van der Waals surface area (Å²) in [5, 5.41) is 12.9. The highest BCUT2D eigenvalue weighted by molar-refractivity contribution is 5.85. The number of amides is 1. The normalized spacial score (nSPS) is 33.1. The van der Waals surface area contributed by atoms with Crippen LogP contribution in [0.25, 0.3) is 0 Å². The van der Waals surface area contributed by atoms with Gasteiger partial charge >= 0.3 is 5.97 Å². The van der Waals surface area contributed by atoms with Crippen molar-refractivity contribution >= 4 is 11.9 Å². The van der Waals surface area contributed by atoms with Gasteiger partial charge in [0.15, 0.2) is 0 Å². The molecule has 2 aliphatic rings. The molecule has 21 heavy (non-hydrogen) atoms. The molecule has 0 aliphatic carbocycles. The van der Waals surface area contributed by atoms with E-state index in [1.54, 1.807) is 0 Å². The molecule has 2 heterocycles. The fourth-order valence-corrected chi connectivity index (χ4v) is 3.95. The minimum Gasteiger partial charge on any atom is -0.481 e. The zero-order valence-electron chi connectivity index (χ0n) is 13.3. The molecule has 0 spiro atoms. The van der Waals surface area contributed by atoms with E-state index >= 15 is 0 Å². The van der Waals surface area contributed by atoms with Crippen molar-refractivity contribution in [2.75, 3.05) is 26.2 Å². The number of hydrogen-bond donors (Lipinski definition) is 2. The van der Waals surface area contributed by atoms with Crippen molar-refractivity contribution in [1.29, 1.82) is 0 Å². The summed E-state index contributed by atoms with van der Waals surface area (Å²) in [5.41, 5.74) is -1.04. The molecule has 0 aromatic carbocycles. The van der Waals surface area contributed by atoms with Crippen LogP contribution >= 0.6 is 0 Å². The molecule has 2 aliphatic heterocycles. The zero-order chi connectivity index (χ0) is 15.5. The monoisotopic (exact) mass is 296 g/mol. The van der Waals surface area contributed by atoms with Crippen LogP contribution in [-0.2, 0) is 9.59 Å². The van der Waals surface area contributed by atoms with Crippen molar-refractivity contribution in [3.63, 3.8) is 0 Å². The largest absolute Gasteiger partial charge is 0.481 e. The standard InChI is InChI=1S/C16H28N2O3/c1-3-6-16(14(20)21)8-10-18(12-16)13(19)15(4-2)7-5-9-17-11-15/h17H,3-12H2,1-2H3,(H,20,21). The molecule has 2 fully saturated rings. The van der Waals surface area contributed by atoms with Gasteiger partial charge in [0.1, 0.15) is 0 Å². The van der Waals surface area contributed by atoms with Gasteiger partial charge in [-0.15, -0.1) is 0 Å². The SMILES string of the molecule is CCCC1(C(=O)O)CCN(C(=O)C2(CC)CCCNC2)C1. The zero-order valence-corrected chi connectivity index (χ0v) is 13.3. The molecule has 0 bridgehead atoms. The van der Waals surface area contributed by atoms with E-state index in [1.165, 1.54) is 0 Å². The lowest BCUT2D eigenvalue weighted by Crippen LogP contribution is -2.51. The molecule has 0 saturated carbocycles. The minimum atomic E-state index is -0.744. The van der Waals surface area contributed by atoms with Gasteiger partial charge in [0, 0.05) is 19.6 Å². The number of rotatable bonds is 5. The summed E-state index contributed by atoms with van der Waals surface area (Å²) in [5.74, 6) is -0.580. The molecule has 2 rings (SSSR count). The summed E-state index contributed by atoms with van der Waals surface area (Å²) in [7, 11) is 0. The molecule has 0 aromatic rings. The fraction of sp³-hybridized carbons (Fsp3) is 0.875. The van der Waals surface area contributed by atoms with E-state index in [0.717, 1.165) is 38.8 Å². The maximum Gasteiger partial charge on any atom is 0.311 e. The van der Waals surface area contributed by atoms with Crippen LogP contribution in [0.1, 0.15) is 52.4 Å². The van der Waals surface area contributed by atoms with Gasteiger partial charge in [0.2, 0.25) is 5.91 Å². The Kier molecular flexibility index (Phi) is 4.91. The molecule has 0 radical (unpaired) electrons. The topological polar surface area (TPSA) is 69.6 Å². The van der Waals surface area contributed by atoms with Gasteiger partial charge in [-0.1, -0.05) is 20.3 Å². The van der Waals surface area contributed by atoms with E-state index in [1.807, 2.05) is 11.8 Å². The highest BCUT2D eigenvalue weighted by atomic mass is 16.4. The average molecular weight is 296 g/mol. The second-order valence-corrected chi connectivity index (χ2v) is 6.73. The Bertz CT molecular complexity index is 404. The number of likely N-dealkylation sites (tertiary alicyclic amines) is 1.